The number of carboxylic acid groups (broad SMARTS) is 1. The minimum absolute atomic E-state index is 0.0141. The van der Waals surface area contributed by atoms with Crippen molar-refractivity contribution in [1.82, 2.24) is 19.4 Å². The summed E-state index contributed by atoms with van der Waals surface area (Å²) in [6.45, 7) is 2.74. The number of amides is 1. The van der Waals surface area contributed by atoms with Crippen LogP contribution in [-0.2, 0) is 31.4 Å². The first-order chi connectivity index (χ1) is 24.2. The third-order valence-corrected chi connectivity index (χ3v) is 10.2. The van der Waals surface area contributed by atoms with Crippen LogP contribution in [0.5, 0.6) is 5.75 Å². The summed E-state index contributed by atoms with van der Waals surface area (Å²) < 4.78 is 51.4. The second-order valence-corrected chi connectivity index (χ2v) is 13.7. The molecule has 0 bridgehead atoms. The third-order valence-electron chi connectivity index (χ3n) is 9.44. The molecule has 3 heterocycles. The zero-order valence-electron chi connectivity index (χ0n) is 28.2. The molecule has 51 heavy (non-hydrogen) atoms. The van der Waals surface area contributed by atoms with Crippen molar-refractivity contribution in [3.05, 3.63) is 93.0 Å². The largest absolute Gasteiger partial charge is 0.496 e. The van der Waals surface area contributed by atoms with E-state index in [1.165, 1.54) is 31.4 Å². The Kier molecular flexibility index (Phi) is 10.5. The van der Waals surface area contributed by atoms with Crippen LogP contribution in [0.3, 0.4) is 0 Å². The summed E-state index contributed by atoms with van der Waals surface area (Å²) in [6.07, 6.45) is -3.46. The van der Waals surface area contributed by atoms with Crippen LogP contribution in [-0.4, -0.2) is 76.3 Å². The van der Waals surface area contributed by atoms with Gasteiger partial charge in [-0.05, 0) is 49.3 Å². The minimum atomic E-state index is -4.73. The summed E-state index contributed by atoms with van der Waals surface area (Å²) in [5.74, 6) is -1.24. The van der Waals surface area contributed by atoms with Crippen molar-refractivity contribution in [3.63, 3.8) is 0 Å². The van der Waals surface area contributed by atoms with Crippen molar-refractivity contribution < 1.29 is 32.6 Å². The zero-order valence-corrected chi connectivity index (χ0v) is 29.7. The quantitative estimate of drug-likeness (QED) is 0.156. The van der Waals surface area contributed by atoms with E-state index in [0.717, 1.165) is 24.4 Å². The van der Waals surface area contributed by atoms with E-state index >= 15 is 0 Å². The number of nitrogens with one attached hydrogen (secondary N) is 2. The van der Waals surface area contributed by atoms with Gasteiger partial charge in [0.2, 0.25) is 0 Å². The fourth-order valence-corrected chi connectivity index (χ4v) is 7.25. The highest BCUT2D eigenvalue weighted by molar-refractivity contribution is 6.36. The van der Waals surface area contributed by atoms with Crippen LogP contribution in [0.25, 0.3) is 11.1 Å². The van der Waals surface area contributed by atoms with Gasteiger partial charge in [0.1, 0.15) is 11.8 Å². The van der Waals surface area contributed by atoms with Gasteiger partial charge < -0.3 is 29.9 Å². The van der Waals surface area contributed by atoms with E-state index in [1.807, 2.05) is 11.9 Å². The van der Waals surface area contributed by atoms with Crippen LogP contribution in [0.2, 0.25) is 10.0 Å². The maximum absolute atomic E-state index is 14.7. The van der Waals surface area contributed by atoms with E-state index < -0.39 is 30.0 Å². The van der Waals surface area contributed by atoms with E-state index in [1.54, 1.807) is 41.9 Å². The molecule has 0 aliphatic carbocycles. The molecule has 270 valence electrons. The number of fused-ring (bicyclic) bond motifs is 1. The van der Waals surface area contributed by atoms with Crippen molar-refractivity contribution in [1.29, 1.82) is 0 Å². The number of rotatable bonds is 10. The molecule has 1 aromatic heterocycles. The van der Waals surface area contributed by atoms with Gasteiger partial charge in [0, 0.05) is 62.5 Å². The van der Waals surface area contributed by atoms with E-state index in [4.69, 9.17) is 27.9 Å². The fourth-order valence-electron chi connectivity index (χ4n) is 6.72. The number of halogens is 5. The Bertz CT molecular complexity index is 1970. The number of hydrogen-bond acceptors (Lipinski definition) is 7. The highest BCUT2D eigenvalue weighted by Gasteiger charge is 2.41. The number of carboxylic acids is 1. The number of likely N-dealkylation sites (tertiary alicyclic amines) is 1. The average Bonchev–Trinajstić information content (AvgIpc) is 3.69. The number of imidazole rings is 1. The van der Waals surface area contributed by atoms with Gasteiger partial charge >= 0.3 is 12.1 Å². The number of ether oxygens (including phenoxy) is 1. The number of aromatic nitrogens is 2. The number of alkyl halides is 3. The molecule has 2 aliphatic rings. The minimum Gasteiger partial charge on any atom is -0.496 e. The maximum Gasteiger partial charge on any atom is 0.412 e. The number of aliphatic carboxylic acids is 1. The molecule has 1 saturated heterocycles. The Morgan fingerprint density at radius 3 is 2.55 bits per heavy atom. The third kappa shape index (κ3) is 7.81. The van der Waals surface area contributed by atoms with Crippen LogP contribution in [0, 0.1) is 5.92 Å². The van der Waals surface area contributed by atoms with Gasteiger partial charge in [0.15, 0.2) is 5.82 Å². The highest BCUT2D eigenvalue weighted by atomic mass is 35.5. The topological polar surface area (TPSA) is 112 Å². The summed E-state index contributed by atoms with van der Waals surface area (Å²) in [5, 5.41) is 15.0. The molecular weight excluding hydrogens is 708 g/mol. The van der Waals surface area contributed by atoms with Crippen LogP contribution >= 0.6 is 23.2 Å². The van der Waals surface area contributed by atoms with Crippen LogP contribution < -0.4 is 15.4 Å². The maximum atomic E-state index is 14.7. The SMILES string of the molecule is COc1cc(NC(c2cccc(-c3cccc(NC(=O)c4nc5c(n4C)CCN(C)C5)c3Cl)c2)C(F)(F)F)c(Cl)cc1CN1CCC(C(=O)O)C1. The lowest BCUT2D eigenvalue weighted by molar-refractivity contribution is -0.144. The standard InChI is InChI=1S/C36H37Cl2F3N6O4/c1-45-12-11-29-28(19-45)43-33(46(29)2)34(48)44-26-9-5-8-24(31(26)38)20-6-4-7-21(14-20)32(36(39,40)41)42-27-16-30(51-3)23(15-25(27)37)18-47-13-10-22(17-47)35(49)50/h4-9,14-16,22,32,42H,10-13,17-19H2,1-3H3,(H,44,48)(H,49,50). The smallest absolute Gasteiger partial charge is 0.412 e. The lowest BCUT2D eigenvalue weighted by Gasteiger charge is -2.25. The van der Waals surface area contributed by atoms with E-state index in [0.29, 0.717) is 60.7 Å². The predicted octanol–water partition coefficient (Wildman–Crippen LogP) is 7.26. The molecule has 6 rings (SSSR count). The van der Waals surface area contributed by atoms with Gasteiger partial charge in [-0.15, -0.1) is 0 Å². The molecule has 15 heteroatoms. The average molecular weight is 746 g/mol. The first-order valence-electron chi connectivity index (χ1n) is 16.3. The Labute approximate surface area is 303 Å². The van der Waals surface area contributed by atoms with Crippen molar-refractivity contribution >= 4 is 46.5 Å². The lowest BCUT2D eigenvalue weighted by Crippen LogP contribution is -2.28. The Balaban J connectivity index is 1.24. The Hall–Kier alpha value is -4.30. The number of methoxy groups -OCH3 is 1. The summed E-state index contributed by atoms with van der Waals surface area (Å²) >= 11 is 13.3. The van der Waals surface area contributed by atoms with E-state index in [9.17, 15) is 27.9 Å². The molecular formula is C36H37Cl2F3N6O4. The van der Waals surface area contributed by atoms with Gasteiger partial charge in [-0.2, -0.15) is 13.2 Å². The number of benzene rings is 3. The van der Waals surface area contributed by atoms with Crippen LogP contribution in [0.4, 0.5) is 24.5 Å². The molecule has 1 amide bonds. The summed E-state index contributed by atoms with van der Waals surface area (Å²) in [4.78, 5) is 33.4. The monoisotopic (exact) mass is 744 g/mol. The number of likely N-dealkylation sites (N-methyl/N-ethyl adjacent to an activating group) is 1. The van der Waals surface area contributed by atoms with Gasteiger partial charge in [-0.3, -0.25) is 14.5 Å². The normalized spacial score (nSPS) is 17.2. The zero-order chi connectivity index (χ0) is 36.6. The second kappa shape index (κ2) is 14.7. The number of nitrogens with zero attached hydrogens (tertiary/aromatic N) is 4. The van der Waals surface area contributed by atoms with Gasteiger partial charge in [0.25, 0.3) is 5.91 Å². The molecule has 2 unspecified atom stereocenters. The molecule has 1 fully saturated rings. The molecule has 2 aliphatic heterocycles. The number of carbonyl (C=O) groups excluding carboxylic acids is 1. The molecule has 3 aromatic carbocycles. The first-order valence-corrected chi connectivity index (χ1v) is 17.1. The van der Waals surface area contributed by atoms with Gasteiger partial charge in [-0.1, -0.05) is 53.5 Å². The molecule has 4 aromatic rings. The van der Waals surface area contributed by atoms with Crippen molar-refractivity contribution in [3.8, 4) is 16.9 Å². The second-order valence-electron chi connectivity index (χ2n) is 12.9. The molecule has 0 spiro atoms. The molecule has 0 saturated carbocycles. The Morgan fingerprint density at radius 1 is 1.08 bits per heavy atom. The summed E-state index contributed by atoms with van der Waals surface area (Å²) in [7, 11) is 5.20. The van der Waals surface area contributed by atoms with E-state index in [2.05, 4.69) is 20.5 Å². The number of anilines is 2. The molecule has 3 N–H and O–H groups in total. The summed E-state index contributed by atoms with van der Waals surface area (Å²) in [6, 6.07) is 11.7. The van der Waals surface area contributed by atoms with Crippen molar-refractivity contribution in [2.45, 2.75) is 38.1 Å². The lowest BCUT2D eigenvalue weighted by atomic mass is 9.98. The van der Waals surface area contributed by atoms with Crippen molar-refractivity contribution in [2.75, 3.05) is 44.4 Å². The van der Waals surface area contributed by atoms with Crippen molar-refractivity contribution in [2.24, 2.45) is 13.0 Å². The number of hydrogen-bond donors (Lipinski definition) is 3. The van der Waals surface area contributed by atoms with Gasteiger partial charge in [-0.25, -0.2) is 4.98 Å². The molecule has 2 atom stereocenters. The first kappa shape index (κ1) is 36.5. The Morgan fingerprint density at radius 2 is 1.84 bits per heavy atom. The molecule has 10 nitrogen and oxygen atoms in total. The van der Waals surface area contributed by atoms with Crippen LogP contribution in [0.1, 0.15) is 45.6 Å². The van der Waals surface area contributed by atoms with Gasteiger partial charge in [0.05, 0.1) is 40.1 Å². The van der Waals surface area contributed by atoms with Crippen LogP contribution in [0.15, 0.2) is 54.6 Å². The number of carbonyl (C=O) groups is 2. The fraction of sp³-hybridized carbons (Fsp3) is 0.361. The highest BCUT2D eigenvalue weighted by Crippen LogP contribution is 2.42. The van der Waals surface area contributed by atoms with E-state index in [-0.39, 0.29) is 27.1 Å². The molecule has 0 radical (unpaired) electrons. The summed E-state index contributed by atoms with van der Waals surface area (Å²) in [5.41, 5.74) is 3.51. The predicted molar refractivity (Wildman–Crippen MR) is 190 cm³/mol.